The molecule has 0 N–H and O–H groups in total. The second kappa shape index (κ2) is 10.5. The summed E-state index contributed by atoms with van der Waals surface area (Å²) in [5.74, 6) is -0.223. The Labute approximate surface area is 185 Å². The number of esters is 2. The van der Waals surface area contributed by atoms with Crippen molar-refractivity contribution in [2.24, 2.45) is 0 Å². The van der Waals surface area contributed by atoms with Gasteiger partial charge in [0, 0.05) is 13.8 Å². The van der Waals surface area contributed by atoms with Crippen molar-refractivity contribution >= 4 is 11.9 Å². The van der Waals surface area contributed by atoms with Crippen LogP contribution >= 0.6 is 0 Å². The van der Waals surface area contributed by atoms with Crippen LogP contribution in [0.4, 0.5) is 0 Å². The molecular formula is C24H26N2O6. The van der Waals surface area contributed by atoms with Crippen LogP contribution in [0.1, 0.15) is 39.2 Å². The molecule has 0 aliphatic heterocycles. The van der Waals surface area contributed by atoms with Gasteiger partial charge in [-0.2, -0.15) is 0 Å². The summed E-state index contributed by atoms with van der Waals surface area (Å²) < 4.78 is 19.1. The van der Waals surface area contributed by atoms with Gasteiger partial charge in [0.15, 0.2) is 0 Å². The number of rotatable bonds is 9. The van der Waals surface area contributed by atoms with Gasteiger partial charge < -0.3 is 14.2 Å². The molecule has 0 aliphatic rings. The van der Waals surface area contributed by atoms with E-state index >= 15 is 0 Å². The summed E-state index contributed by atoms with van der Waals surface area (Å²) in [6, 6.07) is 15.9. The van der Waals surface area contributed by atoms with Crippen LogP contribution in [0.3, 0.4) is 0 Å². The molecule has 0 aliphatic carbocycles. The molecule has 0 bridgehead atoms. The SMILES string of the molecule is CCCCc1c(OCOC(C)=O)n(-c2ccc(OC(C)=O)cc2)n(-c2ccccc2)c1=O. The standard InChI is InChI=1S/C24H26N2O6/c1-4-5-11-22-23(29)25(19-9-7-6-8-10-19)26(24(22)31-16-30-17(2)27)20-12-14-21(15-13-20)32-18(3)28/h6-10,12-15H,4-5,11,16H2,1-3H3. The fraction of sp³-hybridized carbons (Fsp3) is 0.292. The number of carbonyl (C=O) groups is 2. The van der Waals surface area contributed by atoms with Crippen molar-refractivity contribution < 1.29 is 23.8 Å². The fourth-order valence-corrected chi connectivity index (χ4v) is 3.27. The average Bonchev–Trinajstić information content (AvgIpc) is 3.04. The van der Waals surface area contributed by atoms with E-state index in [1.165, 1.54) is 18.5 Å². The number of unbranched alkanes of at least 4 members (excludes halogenated alkanes) is 1. The van der Waals surface area contributed by atoms with E-state index in [0.29, 0.717) is 35.0 Å². The van der Waals surface area contributed by atoms with Crippen LogP contribution in [-0.4, -0.2) is 28.1 Å². The summed E-state index contributed by atoms with van der Waals surface area (Å²) in [5.41, 5.74) is 1.54. The molecule has 8 nitrogen and oxygen atoms in total. The maximum Gasteiger partial charge on any atom is 0.308 e. The van der Waals surface area contributed by atoms with Crippen LogP contribution in [0.2, 0.25) is 0 Å². The molecule has 0 spiro atoms. The number of ether oxygens (including phenoxy) is 3. The predicted octanol–water partition coefficient (Wildman–Crippen LogP) is 3.80. The molecular weight excluding hydrogens is 412 g/mol. The Hall–Kier alpha value is -3.81. The molecule has 168 valence electrons. The minimum atomic E-state index is -0.484. The van der Waals surface area contributed by atoms with Gasteiger partial charge in [-0.25, -0.2) is 9.36 Å². The molecule has 1 heterocycles. The monoisotopic (exact) mass is 438 g/mol. The highest BCUT2D eigenvalue weighted by Crippen LogP contribution is 2.27. The van der Waals surface area contributed by atoms with Crippen molar-refractivity contribution in [1.82, 2.24) is 9.36 Å². The van der Waals surface area contributed by atoms with E-state index in [1.807, 2.05) is 37.3 Å². The smallest absolute Gasteiger partial charge is 0.308 e. The number of benzene rings is 2. The largest absolute Gasteiger partial charge is 0.440 e. The second-order valence-electron chi connectivity index (χ2n) is 7.14. The Morgan fingerprint density at radius 3 is 2.12 bits per heavy atom. The summed E-state index contributed by atoms with van der Waals surface area (Å²) in [6.07, 6.45) is 2.20. The zero-order chi connectivity index (χ0) is 23.1. The first-order valence-electron chi connectivity index (χ1n) is 10.4. The minimum absolute atomic E-state index is 0.216. The van der Waals surface area contributed by atoms with Crippen LogP contribution in [-0.2, 0) is 20.7 Å². The zero-order valence-corrected chi connectivity index (χ0v) is 18.4. The molecule has 8 heteroatoms. The van der Waals surface area contributed by atoms with Crippen LogP contribution in [0.25, 0.3) is 11.4 Å². The van der Waals surface area contributed by atoms with Crippen molar-refractivity contribution in [3.63, 3.8) is 0 Å². The van der Waals surface area contributed by atoms with E-state index in [-0.39, 0.29) is 12.4 Å². The third kappa shape index (κ3) is 5.26. The van der Waals surface area contributed by atoms with Gasteiger partial charge in [-0.1, -0.05) is 31.5 Å². The lowest BCUT2D eigenvalue weighted by Crippen LogP contribution is -2.21. The van der Waals surface area contributed by atoms with Crippen molar-refractivity contribution in [2.45, 2.75) is 40.0 Å². The second-order valence-corrected chi connectivity index (χ2v) is 7.14. The van der Waals surface area contributed by atoms with E-state index in [4.69, 9.17) is 14.2 Å². The van der Waals surface area contributed by atoms with Gasteiger partial charge >= 0.3 is 11.9 Å². The van der Waals surface area contributed by atoms with Crippen molar-refractivity contribution in [3.05, 3.63) is 70.5 Å². The molecule has 0 amide bonds. The number of hydrogen-bond acceptors (Lipinski definition) is 6. The molecule has 0 atom stereocenters. The number of aromatic nitrogens is 2. The zero-order valence-electron chi connectivity index (χ0n) is 18.4. The Bertz CT molecular complexity index is 1130. The van der Waals surface area contributed by atoms with Gasteiger partial charge in [0.1, 0.15) is 5.75 Å². The lowest BCUT2D eigenvalue weighted by molar-refractivity contribution is -0.147. The molecule has 1 aromatic heterocycles. The van der Waals surface area contributed by atoms with Crippen LogP contribution in [0, 0.1) is 0 Å². The normalized spacial score (nSPS) is 10.6. The highest BCUT2D eigenvalue weighted by atomic mass is 16.7. The van der Waals surface area contributed by atoms with Crippen LogP contribution < -0.4 is 15.0 Å². The summed E-state index contributed by atoms with van der Waals surface area (Å²) in [5, 5.41) is 0. The fourth-order valence-electron chi connectivity index (χ4n) is 3.27. The third-order valence-electron chi connectivity index (χ3n) is 4.68. The molecule has 0 fully saturated rings. The third-order valence-corrected chi connectivity index (χ3v) is 4.68. The molecule has 0 radical (unpaired) electrons. The lowest BCUT2D eigenvalue weighted by atomic mass is 10.1. The van der Waals surface area contributed by atoms with Gasteiger partial charge in [-0.05, 0) is 49.2 Å². The van der Waals surface area contributed by atoms with Gasteiger partial charge in [0.2, 0.25) is 12.7 Å². The molecule has 3 aromatic rings. The lowest BCUT2D eigenvalue weighted by Gasteiger charge is -2.16. The molecule has 0 saturated carbocycles. The van der Waals surface area contributed by atoms with E-state index in [9.17, 15) is 14.4 Å². The maximum atomic E-state index is 13.5. The van der Waals surface area contributed by atoms with E-state index in [0.717, 1.165) is 12.8 Å². The van der Waals surface area contributed by atoms with Crippen molar-refractivity contribution in [2.75, 3.05) is 6.79 Å². The van der Waals surface area contributed by atoms with E-state index in [2.05, 4.69) is 0 Å². The summed E-state index contributed by atoms with van der Waals surface area (Å²) in [4.78, 5) is 36.0. The Morgan fingerprint density at radius 1 is 0.875 bits per heavy atom. The first kappa shape index (κ1) is 22.9. The average molecular weight is 438 g/mol. The van der Waals surface area contributed by atoms with E-state index in [1.54, 1.807) is 28.9 Å². The highest BCUT2D eigenvalue weighted by Gasteiger charge is 2.24. The number of carbonyl (C=O) groups excluding carboxylic acids is 2. The van der Waals surface area contributed by atoms with Gasteiger partial charge in [0.25, 0.3) is 5.56 Å². The predicted molar refractivity (Wildman–Crippen MR) is 119 cm³/mol. The molecule has 3 rings (SSSR count). The Morgan fingerprint density at radius 2 is 1.53 bits per heavy atom. The van der Waals surface area contributed by atoms with Gasteiger partial charge in [-0.3, -0.25) is 14.4 Å². The first-order chi connectivity index (χ1) is 15.4. The van der Waals surface area contributed by atoms with Crippen molar-refractivity contribution in [1.29, 1.82) is 0 Å². The van der Waals surface area contributed by atoms with E-state index < -0.39 is 11.9 Å². The van der Waals surface area contributed by atoms with Gasteiger partial charge in [-0.15, -0.1) is 0 Å². The number of nitrogens with zero attached hydrogens (tertiary/aromatic N) is 2. The number of para-hydroxylation sites is 1. The highest BCUT2D eigenvalue weighted by molar-refractivity contribution is 5.69. The van der Waals surface area contributed by atoms with Gasteiger partial charge in [0.05, 0.1) is 16.9 Å². The summed E-state index contributed by atoms with van der Waals surface area (Å²) >= 11 is 0. The topological polar surface area (TPSA) is 88.8 Å². The molecule has 2 aromatic carbocycles. The van der Waals surface area contributed by atoms with Crippen LogP contribution in [0.15, 0.2) is 59.4 Å². The van der Waals surface area contributed by atoms with Crippen molar-refractivity contribution in [3.8, 4) is 23.0 Å². The molecule has 0 saturated heterocycles. The molecule has 0 unspecified atom stereocenters. The minimum Gasteiger partial charge on any atom is -0.440 e. The first-order valence-corrected chi connectivity index (χ1v) is 10.4. The number of hydrogen-bond donors (Lipinski definition) is 0. The van der Waals surface area contributed by atoms with Crippen LogP contribution in [0.5, 0.6) is 11.6 Å². The Balaban J connectivity index is 2.19. The quantitative estimate of drug-likeness (QED) is 0.287. The maximum absolute atomic E-state index is 13.5. The molecule has 32 heavy (non-hydrogen) atoms. The summed E-state index contributed by atoms with van der Waals surface area (Å²) in [6.45, 7) is 4.34. The Kier molecular flexibility index (Phi) is 7.49. The summed E-state index contributed by atoms with van der Waals surface area (Å²) in [7, 11) is 0.